The molecule has 0 aromatic heterocycles. The van der Waals surface area contributed by atoms with Crippen molar-refractivity contribution in [2.24, 2.45) is 5.92 Å². The van der Waals surface area contributed by atoms with Crippen LogP contribution >= 0.6 is 0 Å². The third kappa shape index (κ3) is 3.58. The fourth-order valence-corrected chi connectivity index (χ4v) is 3.36. The van der Waals surface area contributed by atoms with E-state index in [9.17, 15) is 0 Å². The van der Waals surface area contributed by atoms with E-state index in [0.717, 1.165) is 31.7 Å². The van der Waals surface area contributed by atoms with Crippen molar-refractivity contribution in [3.8, 4) is 5.75 Å². The van der Waals surface area contributed by atoms with Crippen LogP contribution in [-0.4, -0.2) is 25.4 Å². The first-order valence-electron chi connectivity index (χ1n) is 8.43. The molecule has 21 heavy (non-hydrogen) atoms. The fraction of sp³-hybridized carbons (Fsp3) is 0.667. The van der Waals surface area contributed by atoms with Crippen LogP contribution in [0, 0.1) is 5.92 Å². The minimum atomic E-state index is 0.366. The maximum absolute atomic E-state index is 5.95. The SMILES string of the molecule is CCNC(c1cccc(OC2CC2)c1)C1CCOC1CC. The summed E-state index contributed by atoms with van der Waals surface area (Å²) in [5, 5.41) is 3.67. The molecule has 1 aliphatic carbocycles. The van der Waals surface area contributed by atoms with Gasteiger partial charge in [0, 0.05) is 18.6 Å². The Morgan fingerprint density at radius 1 is 1.29 bits per heavy atom. The molecule has 1 N–H and O–H groups in total. The highest BCUT2D eigenvalue weighted by Crippen LogP contribution is 2.36. The van der Waals surface area contributed by atoms with Gasteiger partial charge in [-0.1, -0.05) is 26.0 Å². The summed E-state index contributed by atoms with van der Waals surface area (Å²) >= 11 is 0. The third-order valence-electron chi connectivity index (χ3n) is 4.56. The Hall–Kier alpha value is -1.06. The van der Waals surface area contributed by atoms with Crippen molar-refractivity contribution < 1.29 is 9.47 Å². The van der Waals surface area contributed by atoms with Crippen molar-refractivity contribution in [1.82, 2.24) is 5.32 Å². The van der Waals surface area contributed by atoms with Crippen LogP contribution in [0.2, 0.25) is 0 Å². The van der Waals surface area contributed by atoms with Gasteiger partial charge in [0.25, 0.3) is 0 Å². The lowest BCUT2D eigenvalue weighted by molar-refractivity contribution is 0.0775. The van der Waals surface area contributed by atoms with Crippen molar-refractivity contribution in [2.75, 3.05) is 13.2 Å². The topological polar surface area (TPSA) is 30.5 Å². The number of benzene rings is 1. The minimum Gasteiger partial charge on any atom is -0.490 e. The van der Waals surface area contributed by atoms with Crippen LogP contribution in [0.3, 0.4) is 0 Å². The number of ether oxygens (including phenoxy) is 2. The third-order valence-corrected chi connectivity index (χ3v) is 4.56. The van der Waals surface area contributed by atoms with E-state index in [0.29, 0.717) is 24.2 Å². The Bertz CT molecular complexity index is 458. The van der Waals surface area contributed by atoms with E-state index in [4.69, 9.17) is 9.47 Å². The van der Waals surface area contributed by atoms with E-state index < -0.39 is 0 Å². The lowest BCUT2D eigenvalue weighted by Gasteiger charge is -2.28. The van der Waals surface area contributed by atoms with E-state index in [1.165, 1.54) is 18.4 Å². The highest BCUT2D eigenvalue weighted by Gasteiger charge is 2.34. The molecule has 0 bridgehead atoms. The van der Waals surface area contributed by atoms with Gasteiger partial charge in [-0.2, -0.15) is 0 Å². The summed E-state index contributed by atoms with van der Waals surface area (Å²) in [6.07, 6.45) is 5.47. The highest BCUT2D eigenvalue weighted by atomic mass is 16.5. The summed E-state index contributed by atoms with van der Waals surface area (Å²) in [5.74, 6) is 1.58. The molecule has 3 unspecified atom stereocenters. The Labute approximate surface area is 128 Å². The van der Waals surface area contributed by atoms with E-state index in [2.05, 4.69) is 43.4 Å². The fourth-order valence-electron chi connectivity index (χ4n) is 3.36. The molecule has 1 saturated carbocycles. The zero-order valence-corrected chi connectivity index (χ0v) is 13.2. The second-order valence-electron chi connectivity index (χ2n) is 6.20. The second-order valence-corrected chi connectivity index (χ2v) is 6.20. The summed E-state index contributed by atoms with van der Waals surface area (Å²) in [6, 6.07) is 9.00. The molecule has 1 aromatic carbocycles. The van der Waals surface area contributed by atoms with Crippen molar-refractivity contribution in [3.05, 3.63) is 29.8 Å². The molecule has 1 saturated heterocycles. The maximum Gasteiger partial charge on any atom is 0.120 e. The normalized spacial score (nSPS) is 26.8. The number of hydrogen-bond donors (Lipinski definition) is 1. The van der Waals surface area contributed by atoms with Gasteiger partial charge in [0.2, 0.25) is 0 Å². The number of nitrogens with one attached hydrogen (secondary N) is 1. The molecule has 3 rings (SSSR count). The quantitative estimate of drug-likeness (QED) is 0.830. The Balaban J connectivity index is 1.78. The van der Waals surface area contributed by atoms with Gasteiger partial charge in [-0.15, -0.1) is 0 Å². The van der Waals surface area contributed by atoms with Gasteiger partial charge in [-0.25, -0.2) is 0 Å². The smallest absolute Gasteiger partial charge is 0.120 e. The first kappa shape index (κ1) is 14.9. The summed E-state index contributed by atoms with van der Waals surface area (Å²) < 4.78 is 11.8. The van der Waals surface area contributed by atoms with Gasteiger partial charge in [0.05, 0.1) is 12.2 Å². The van der Waals surface area contributed by atoms with E-state index in [1.54, 1.807) is 0 Å². The van der Waals surface area contributed by atoms with Crippen LogP contribution in [0.5, 0.6) is 5.75 Å². The summed E-state index contributed by atoms with van der Waals surface area (Å²) in [7, 11) is 0. The maximum atomic E-state index is 5.95. The zero-order chi connectivity index (χ0) is 14.7. The predicted octanol–water partition coefficient (Wildman–Crippen LogP) is 3.69. The summed E-state index contributed by atoms with van der Waals surface area (Å²) in [6.45, 7) is 6.27. The largest absolute Gasteiger partial charge is 0.490 e. The van der Waals surface area contributed by atoms with Crippen molar-refractivity contribution in [1.29, 1.82) is 0 Å². The molecule has 3 nitrogen and oxygen atoms in total. The van der Waals surface area contributed by atoms with Crippen molar-refractivity contribution >= 4 is 0 Å². The van der Waals surface area contributed by atoms with Crippen LogP contribution < -0.4 is 10.1 Å². The van der Waals surface area contributed by atoms with Crippen LogP contribution in [0.1, 0.15) is 51.1 Å². The van der Waals surface area contributed by atoms with Crippen LogP contribution in [0.15, 0.2) is 24.3 Å². The highest BCUT2D eigenvalue weighted by molar-refractivity contribution is 5.31. The lowest BCUT2D eigenvalue weighted by atomic mass is 9.86. The monoisotopic (exact) mass is 289 g/mol. The zero-order valence-electron chi connectivity index (χ0n) is 13.2. The van der Waals surface area contributed by atoms with Crippen LogP contribution in [0.4, 0.5) is 0 Å². The molecular formula is C18H27NO2. The molecule has 1 heterocycles. The standard InChI is InChI=1S/C18H27NO2/c1-3-17-16(10-11-20-17)18(19-4-2)13-6-5-7-15(12-13)21-14-8-9-14/h5-7,12,14,16-19H,3-4,8-11H2,1-2H3. The van der Waals surface area contributed by atoms with Gasteiger partial charge in [-0.05, 0) is 49.9 Å². The summed E-state index contributed by atoms with van der Waals surface area (Å²) in [5.41, 5.74) is 1.34. The average Bonchev–Trinajstić information content (AvgIpc) is 3.19. The summed E-state index contributed by atoms with van der Waals surface area (Å²) in [4.78, 5) is 0. The molecule has 0 amide bonds. The van der Waals surface area contributed by atoms with Gasteiger partial charge >= 0.3 is 0 Å². The first-order valence-corrected chi connectivity index (χ1v) is 8.43. The first-order chi connectivity index (χ1) is 10.3. The van der Waals surface area contributed by atoms with E-state index >= 15 is 0 Å². The van der Waals surface area contributed by atoms with Crippen molar-refractivity contribution in [2.45, 2.75) is 57.8 Å². The van der Waals surface area contributed by atoms with Crippen LogP contribution in [0.25, 0.3) is 0 Å². The number of hydrogen-bond acceptors (Lipinski definition) is 3. The molecule has 116 valence electrons. The Morgan fingerprint density at radius 2 is 2.14 bits per heavy atom. The van der Waals surface area contributed by atoms with E-state index in [1.807, 2.05) is 0 Å². The average molecular weight is 289 g/mol. The van der Waals surface area contributed by atoms with E-state index in [-0.39, 0.29) is 0 Å². The predicted molar refractivity (Wildman–Crippen MR) is 84.6 cm³/mol. The second kappa shape index (κ2) is 6.80. The van der Waals surface area contributed by atoms with Crippen molar-refractivity contribution in [3.63, 3.8) is 0 Å². The molecule has 2 fully saturated rings. The molecule has 0 spiro atoms. The molecule has 2 aliphatic rings. The van der Waals surface area contributed by atoms with Crippen LogP contribution in [-0.2, 0) is 4.74 Å². The van der Waals surface area contributed by atoms with Gasteiger partial charge < -0.3 is 14.8 Å². The molecule has 1 aliphatic heterocycles. The minimum absolute atomic E-state index is 0.366. The molecule has 3 heteroatoms. The van der Waals surface area contributed by atoms with Gasteiger partial charge in [-0.3, -0.25) is 0 Å². The van der Waals surface area contributed by atoms with Gasteiger partial charge in [0.1, 0.15) is 5.75 Å². The molecule has 1 aromatic rings. The Kier molecular flexibility index (Phi) is 4.81. The van der Waals surface area contributed by atoms with Gasteiger partial charge in [0.15, 0.2) is 0 Å². The number of rotatable bonds is 7. The Morgan fingerprint density at radius 3 is 2.86 bits per heavy atom. The molecular weight excluding hydrogens is 262 g/mol. The lowest BCUT2D eigenvalue weighted by Crippen LogP contribution is -2.32. The molecule has 3 atom stereocenters. The molecule has 0 radical (unpaired) electrons.